The number of nitrogens with one attached hydrogen (secondary N) is 2. The molecular weight excluding hydrogens is 1290 g/mol. The van der Waals surface area contributed by atoms with Crippen LogP contribution in [0.2, 0.25) is 0 Å². The topological polar surface area (TPSA) is 398 Å². The van der Waals surface area contributed by atoms with Gasteiger partial charge in [0.15, 0.2) is 61.8 Å². The Morgan fingerprint density at radius 3 is 1.33 bits per heavy atom. The second kappa shape index (κ2) is 37.7. The molecule has 534 valence electrons. The van der Waals surface area contributed by atoms with E-state index in [1.165, 1.54) is 6.92 Å². The third-order valence-corrected chi connectivity index (χ3v) is 14.8. The molecule has 3 N–H and O–H groups in total. The molecule has 4 saturated heterocycles. The number of hydrogen-bond donors (Lipinski definition) is 3. The fourth-order valence-electron chi connectivity index (χ4n) is 10.7. The number of alkyl halides is 1. The molecular formula is C62H89ClN2O30. The molecule has 0 bridgehead atoms. The summed E-state index contributed by atoms with van der Waals surface area (Å²) in [6.07, 6.45) is -30.1. The van der Waals surface area contributed by atoms with E-state index in [1.54, 1.807) is 51.1 Å². The fraction of sp³-hybridized carbons (Fsp3) is 0.726. The van der Waals surface area contributed by atoms with Gasteiger partial charge >= 0.3 is 53.7 Å². The third-order valence-electron chi connectivity index (χ3n) is 14.5. The van der Waals surface area contributed by atoms with Crippen LogP contribution in [0.3, 0.4) is 0 Å². The lowest BCUT2D eigenvalue weighted by atomic mass is 9.93. The number of aliphatic hydroxyl groups is 1. The normalized spacial score (nSPS) is 30.6. The zero-order chi connectivity index (χ0) is 70.4. The van der Waals surface area contributed by atoms with Crippen molar-refractivity contribution in [2.75, 3.05) is 38.9 Å². The standard InChI is InChI=1S/C62H89ClN2O30/c1-30(66)64-45-47(76)48(41(26-78-25-40-21-17-16-18-22-40)89-57(45)79-24-20-15-14-19-23-63)93-59-56(88-39(10)75)54(51(85-36(7)72)44(92-59)29-82-61(77)62(11,12)13)95-58-46(65-31(2)67)52(49(83-34(5)70)42(90-58)27-80-32(3)68)94-60-55(87-38(9)74)53(86-37(8)73)50(84-35(6)71)43(91-60)28-81-33(4)69/h16-18,21-22,41-60,76H,14-15,19-20,23-29H2,1-13H3,(H,64,66)(H,65,67)/t41-,42-,43-,44-,45-,46-,47-,48-,49-,50+,51+,52-,53+,54+,55-,56-,57-,58+,59+,60+/m1/s1. The molecule has 0 spiro atoms. The largest absolute Gasteiger partial charge is 0.463 e. The summed E-state index contributed by atoms with van der Waals surface area (Å²) in [5.41, 5.74) is -0.433. The maximum atomic E-state index is 13.7. The third kappa shape index (κ3) is 24.7. The second-order valence-corrected chi connectivity index (χ2v) is 24.2. The van der Waals surface area contributed by atoms with Crippen LogP contribution in [0.25, 0.3) is 0 Å². The molecule has 4 fully saturated rings. The summed E-state index contributed by atoms with van der Waals surface area (Å²) < 4.78 is 110. The number of halogens is 1. The Morgan fingerprint density at radius 2 is 0.842 bits per heavy atom. The van der Waals surface area contributed by atoms with Gasteiger partial charge in [-0.15, -0.1) is 11.6 Å². The van der Waals surface area contributed by atoms with Crippen LogP contribution in [0, 0.1) is 5.41 Å². The molecule has 4 heterocycles. The Kier molecular flexibility index (Phi) is 31.3. The highest BCUT2D eigenvalue weighted by molar-refractivity contribution is 6.17. The van der Waals surface area contributed by atoms with Crippen molar-refractivity contribution in [3.05, 3.63) is 35.9 Å². The predicted molar refractivity (Wildman–Crippen MR) is 319 cm³/mol. The summed E-state index contributed by atoms with van der Waals surface area (Å²) in [7, 11) is 0. The first-order valence-corrected chi connectivity index (χ1v) is 31.4. The molecule has 1 aromatic carbocycles. The monoisotopic (exact) mass is 1380 g/mol. The Hall–Kier alpha value is -6.72. The quantitative estimate of drug-likeness (QED) is 0.0412. The van der Waals surface area contributed by atoms with Gasteiger partial charge in [0, 0.05) is 81.7 Å². The molecule has 0 unspecified atom stereocenters. The highest BCUT2D eigenvalue weighted by atomic mass is 35.5. The first kappa shape index (κ1) is 79.0. The van der Waals surface area contributed by atoms with Crippen molar-refractivity contribution >= 4 is 77.1 Å². The lowest BCUT2D eigenvalue weighted by molar-refractivity contribution is -0.378. The van der Waals surface area contributed by atoms with E-state index in [-0.39, 0.29) is 19.8 Å². The summed E-state index contributed by atoms with van der Waals surface area (Å²) in [5.74, 6) is -9.86. The van der Waals surface area contributed by atoms with Gasteiger partial charge in [-0.2, -0.15) is 0 Å². The van der Waals surface area contributed by atoms with Crippen molar-refractivity contribution in [3.8, 4) is 0 Å². The van der Waals surface area contributed by atoms with Gasteiger partial charge in [-0.05, 0) is 39.2 Å². The van der Waals surface area contributed by atoms with Crippen LogP contribution in [0.1, 0.15) is 121 Å². The molecule has 1 aromatic rings. The molecule has 32 nitrogen and oxygen atoms in total. The number of unbranched alkanes of at least 4 members (excludes halogenated alkanes) is 3. The summed E-state index contributed by atoms with van der Waals surface area (Å²) >= 11 is 5.91. The molecule has 4 aliphatic heterocycles. The highest BCUT2D eigenvalue weighted by Gasteiger charge is 2.61. The number of hydrogen-bond acceptors (Lipinski definition) is 30. The van der Waals surface area contributed by atoms with Crippen molar-refractivity contribution in [1.29, 1.82) is 0 Å². The number of aliphatic hydroxyl groups excluding tert-OH is 1. The number of carbonyl (C=O) groups is 11. The van der Waals surface area contributed by atoms with Crippen LogP contribution >= 0.6 is 11.6 Å². The van der Waals surface area contributed by atoms with Crippen molar-refractivity contribution in [1.82, 2.24) is 10.6 Å². The average molecular weight is 1380 g/mol. The van der Waals surface area contributed by atoms with Gasteiger partial charge in [0.25, 0.3) is 0 Å². The van der Waals surface area contributed by atoms with Gasteiger partial charge in [-0.1, -0.05) is 43.2 Å². The number of ether oxygens (including phenoxy) is 18. The minimum atomic E-state index is -2.14. The molecule has 20 atom stereocenters. The van der Waals surface area contributed by atoms with E-state index in [0.717, 1.165) is 87.1 Å². The van der Waals surface area contributed by atoms with Crippen LogP contribution in [0.4, 0.5) is 0 Å². The van der Waals surface area contributed by atoms with E-state index >= 15 is 0 Å². The van der Waals surface area contributed by atoms with E-state index in [4.69, 9.17) is 96.9 Å². The molecule has 4 aliphatic rings. The molecule has 5 rings (SSSR count). The molecule has 0 radical (unpaired) electrons. The highest BCUT2D eigenvalue weighted by Crippen LogP contribution is 2.39. The van der Waals surface area contributed by atoms with E-state index in [9.17, 15) is 57.8 Å². The van der Waals surface area contributed by atoms with Crippen LogP contribution in [0.15, 0.2) is 30.3 Å². The van der Waals surface area contributed by atoms with Crippen molar-refractivity contribution < 1.29 is 143 Å². The maximum absolute atomic E-state index is 13.7. The van der Waals surface area contributed by atoms with Crippen LogP contribution in [-0.2, 0) is 145 Å². The lowest BCUT2D eigenvalue weighted by Gasteiger charge is -2.51. The number of carbonyl (C=O) groups excluding carboxylic acids is 11. The SMILES string of the molecule is CC(=O)N[C@H]1[C@H](OCCCCCCCl)O[C@H](COCc2ccccc2)[C@@H](O[C@@H]2O[C@H](COC(=O)C(C)(C)C)[C@H](OC(C)=O)[C@H](O[C@@H]3O[C@H](COC(C)=O)[C@@H](OC(C)=O)[C@H](O[C@@H]4O[C@H](COC(C)=O)[C@H](OC(C)=O)[C@H](OC(C)=O)[C@H]4OC(C)=O)[C@H]3NC(C)=O)[C@H]2OC(C)=O)[C@@H]1O. The Bertz CT molecular complexity index is 2750. The second-order valence-electron chi connectivity index (χ2n) is 23.8. The summed E-state index contributed by atoms with van der Waals surface area (Å²) in [5, 5.41) is 17.9. The van der Waals surface area contributed by atoms with Crippen molar-refractivity contribution in [2.45, 2.75) is 245 Å². The van der Waals surface area contributed by atoms with E-state index in [0.29, 0.717) is 12.3 Å². The van der Waals surface area contributed by atoms with Gasteiger partial charge in [-0.3, -0.25) is 52.7 Å². The van der Waals surface area contributed by atoms with Crippen LogP contribution in [0.5, 0.6) is 0 Å². The first-order valence-electron chi connectivity index (χ1n) is 30.8. The van der Waals surface area contributed by atoms with Crippen molar-refractivity contribution in [2.24, 2.45) is 5.41 Å². The zero-order valence-corrected chi connectivity index (χ0v) is 56.1. The molecule has 95 heavy (non-hydrogen) atoms. The van der Waals surface area contributed by atoms with Gasteiger partial charge in [-0.25, -0.2) is 0 Å². The van der Waals surface area contributed by atoms with Crippen molar-refractivity contribution in [3.63, 3.8) is 0 Å². The summed E-state index contributed by atoms with van der Waals surface area (Å²) in [6, 6.07) is 5.67. The van der Waals surface area contributed by atoms with E-state index in [2.05, 4.69) is 10.6 Å². The van der Waals surface area contributed by atoms with Gasteiger partial charge in [0.05, 0.1) is 18.6 Å². The van der Waals surface area contributed by atoms with E-state index < -0.39 is 213 Å². The summed E-state index contributed by atoms with van der Waals surface area (Å²) in [6.45, 7) is 12.2. The number of rotatable bonds is 31. The molecule has 33 heteroatoms. The first-order chi connectivity index (χ1) is 44.8. The zero-order valence-electron chi connectivity index (χ0n) is 55.4. The van der Waals surface area contributed by atoms with Gasteiger partial charge in [0.1, 0.15) is 80.7 Å². The summed E-state index contributed by atoms with van der Waals surface area (Å²) in [4.78, 5) is 144. The van der Waals surface area contributed by atoms with E-state index in [1.807, 2.05) is 0 Å². The van der Waals surface area contributed by atoms with Gasteiger partial charge < -0.3 is 101 Å². The maximum Gasteiger partial charge on any atom is 0.311 e. The molecule has 0 aromatic heterocycles. The number of esters is 9. The average Bonchev–Trinajstić information content (AvgIpc) is 0.764. The van der Waals surface area contributed by atoms with Crippen LogP contribution < -0.4 is 10.6 Å². The molecule has 2 amide bonds. The Balaban J connectivity index is 1.76. The Labute approximate surface area is 554 Å². The molecule has 0 saturated carbocycles. The fourth-order valence-corrected chi connectivity index (χ4v) is 10.9. The minimum absolute atomic E-state index is 0.00791. The predicted octanol–water partition coefficient (Wildman–Crippen LogP) is 1.75. The van der Waals surface area contributed by atoms with Crippen LogP contribution in [-0.4, -0.2) is 232 Å². The Morgan fingerprint density at radius 1 is 0.442 bits per heavy atom. The smallest absolute Gasteiger partial charge is 0.311 e. The number of benzene rings is 1. The number of amides is 2. The lowest BCUT2D eigenvalue weighted by Crippen LogP contribution is -2.71. The van der Waals surface area contributed by atoms with Gasteiger partial charge in [0.2, 0.25) is 11.8 Å². The molecule has 0 aliphatic carbocycles. The minimum Gasteiger partial charge on any atom is -0.463 e.